The minimum atomic E-state index is -0.187. The lowest BCUT2D eigenvalue weighted by Crippen LogP contribution is -2.17. The number of hydrogen-bond donors (Lipinski definition) is 0. The maximum atomic E-state index is 11.6. The van der Waals surface area contributed by atoms with Crippen molar-refractivity contribution in [1.29, 1.82) is 0 Å². The Bertz CT molecular complexity index is 325. The van der Waals surface area contributed by atoms with E-state index in [0.29, 0.717) is 0 Å². The molecule has 0 aromatic heterocycles. The fourth-order valence-electron chi connectivity index (χ4n) is 1.33. The van der Waals surface area contributed by atoms with Crippen LogP contribution < -0.4 is 0 Å². The van der Waals surface area contributed by atoms with Crippen LogP contribution in [0.15, 0.2) is 24.3 Å². The van der Waals surface area contributed by atoms with Crippen LogP contribution in [-0.2, 0) is 9.53 Å². The molecule has 1 rings (SSSR count). The lowest BCUT2D eigenvalue weighted by atomic mass is 10.0. The zero-order chi connectivity index (χ0) is 11.4. The summed E-state index contributed by atoms with van der Waals surface area (Å²) in [6, 6.07) is 7.96. The van der Waals surface area contributed by atoms with Gasteiger partial charge < -0.3 is 4.74 Å². The first-order valence-corrected chi connectivity index (χ1v) is 5.27. The molecule has 0 aliphatic carbocycles. The third kappa shape index (κ3) is 3.39. The second-order valence-corrected chi connectivity index (χ2v) is 4.12. The number of hydrogen-bond acceptors (Lipinski definition) is 2. The van der Waals surface area contributed by atoms with Gasteiger partial charge in [0.25, 0.3) is 0 Å². The van der Waals surface area contributed by atoms with Crippen molar-refractivity contribution in [3.05, 3.63) is 35.4 Å². The molecule has 1 aromatic rings. The topological polar surface area (TPSA) is 26.3 Å². The second-order valence-electron chi connectivity index (χ2n) is 4.12. The van der Waals surface area contributed by atoms with Crippen molar-refractivity contribution >= 4 is 5.97 Å². The molecule has 1 unspecified atom stereocenters. The van der Waals surface area contributed by atoms with Crippen molar-refractivity contribution in [3.8, 4) is 0 Å². The maximum absolute atomic E-state index is 11.6. The maximum Gasteiger partial charge on any atom is 0.313 e. The van der Waals surface area contributed by atoms with E-state index in [0.717, 1.165) is 5.56 Å². The standard InChI is InChI=1S/C13H18O2/c1-9(2)15-13(14)11(4)12-7-5-10(3)6-8-12/h5-9,11H,1-4H3. The second kappa shape index (κ2) is 4.96. The van der Waals surface area contributed by atoms with E-state index < -0.39 is 0 Å². The van der Waals surface area contributed by atoms with Gasteiger partial charge in [0.2, 0.25) is 0 Å². The minimum Gasteiger partial charge on any atom is -0.463 e. The molecule has 82 valence electrons. The summed E-state index contributed by atoms with van der Waals surface area (Å²) in [6.07, 6.45) is -0.0506. The van der Waals surface area contributed by atoms with Crippen molar-refractivity contribution in [1.82, 2.24) is 0 Å². The van der Waals surface area contributed by atoms with Gasteiger partial charge in [0.1, 0.15) is 0 Å². The quantitative estimate of drug-likeness (QED) is 0.710. The molecule has 0 aliphatic rings. The third-order valence-electron chi connectivity index (χ3n) is 2.28. The van der Waals surface area contributed by atoms with Crippen molar-refractivity contribution in [2.75, 3.05) is 0 Å². The average molecular weight is 206 g/mol. The highest BCUT2D eigenvalue weighted by atomic mass is 16.5. The molecule has 0 spiro atoms. The molecule has 0 N–H and O–H groups in total. The molecular formula is C13H18O2. The lowest BCUT2D eigenvalue weighted by molar-refractivity contribution is -0.148. The van der Waals surface area contributed by atoms with E-state index in [9.17, 15) is 4.79 Å². The molecule has 1 atom stereocenters. The number of ether oxygens (including phenoxy) is 1. The van der Waals surface area contributed by atoms with Gasteiger partial charge in [0.05, 0.1) is 12.0 Å². The van der Waals surface area contributed by atoms with Crippen LogP contribution in [0.3, 0.4) is 0 Å². The molecule has 0 saturated heterocycles. The van der Waals surface area contributed by atoms with Crippen LogP contribution in [0.2, 0.25) is 0 Å². The zero-order valence-corrected chi connectivity index (χ0v) is 9.78. The van der Waals surface area contributed by atoms with Crippen molar-refractivity contribution in [2.24, 2.45) is 0 Å². The highest BCUT2D eigenvalue weighted by molar-refractivity contribution is 5.77. The highest BCUT2D eigenvalue weighted by Crippen LogP contribution is 2.17. The Kier molecular flexibility index (Phi) is 3.89. The normalized spacial score (nSPS) is 12.6. The molecule has 2 nitrogen and oxygen atoms in total. The van der Waals surface area contributed by atoms with E-state index in [2.05, 4.69) is 0 Å². The average Bonchev–Trinajstić information content (AvgIpc) is 2.17. The van der Waals surface area contributed by atoms with Gasteiger partial charge in [0, 0.05) is 0 Å². The van der Waals surface area contributed by atoms with Gasteiger partial charge in [-0.2, -0.15) is 0 Å². The summed E-state index contributed by atoms with van der Waals surface area (Å²) >= 11 is 0. The Morgan fingerprint density at radius 2 is 1.67 bits per heavy atom. The summed E-state index contributed by atoms with van der Waals surface area (Å²) in [6.45, 7) is 7.62. The Labute approximate surface area is 91.3 Å². The molecule has 0 amide bonds. The molecule has 0 heterocycles. The summed E-state index contributed by atoms with van der Waals surface area (Å²) < 4.78 is 5.16. The Balaban J connectivity index is 2.71. The van der Waals surface area contributed by atoms with Crippen LogP contribution in [0.1, 0.15) is 37.8 Å². The fourth-order valence-corrected chi connectivity index (χ4v) is 1.33. The summed E-state index contributed by atoms with van der Waals surface area (Å²) in [5, 5.41) is 0. The van der Waals surface area contributed by atoms with Crippen LogP contribution in [-0.4, -0.2) is 12.1 Å². The predicted octanol–water partition coefficient (Wildman–Crippen LogP) is 3.05. The van der Waals surface area contributed by atoms with Gasteiger partial charge in [-0.3, -0.25) is 4.79 Å². The predicted molar refractivity (Wildman–Crippen MR) is 60.8 cm³/mol. The Morgan fingerprint density at radius 3 is 2.13 bits per heavy atom. The molecule has 0 radical (unpaired) electrons. The van der Waals surface area contributed by atoms with Gasteiger partial charge >= 0.3 is 5.97 Å². The molecule has 0 fully saturated rings. The van der Waals surface area contributed by atoms with Crippen molar-refractivity contribution in [3.63, 3.8) is 0 Å². The first-order valence-electron chi connectivity index (χ1n) is 5.27. The molecule has 0 saturated carbocycles. The number of benzene rings is 1. The molecule has 0 bridgehead atoms. The smallest absolute Gasteiger partial charge is 0.313 e. The molecule has 1 aromatic carbocycles. The number of aryl methyl sites for hydroxylation is 1. The number of carbonyl (C=O) groups is 1. The monoisotopic (exact) mass is 206 g/mol. The van der Waals surface area contributed by atoms with E-state index in [1.165, 1.54) is 5.56 Å². The summed E-state index contributed by atoms with van der Waals surface area (Å²) in [7, 11) is 0. The van der Waals surface area contributed by atoms with Crippen LogP contribution >= 0.6 is 0 Å². The van der Waals surface area contributed by atoms with E-state index in [1.807, 2.05) is 52.0 Å². The molecule has 2 heteroatoms. The number of esters is 1. The van der Waals surface area contributed by atoms with Crippen LogP contribution in [0.25, 0.3) is 0 Å². The number of rotatable bonds is 3. The summed E-state index contributed by atoms with van der Waals surface area (Å²) in [5.41, 5.74) is 2.20. The summed E-state index contributed by atoms with van der Waals surface area (Å²) in [4.78, 5) is 11.6. The van der Waals surface area contributed by atoms with Gasteiger partial charge in [-0.25, -0.2) is 0 Å². The van der Waals surface area contributed by atoms with E-state index in [-0.39, 0.29) is 18.0 Å². The Morgan fingerprint density at radius 1 is 1.13 bits per heavy atom. The van der Waals surface area contributed by atoms with Crippen LogP contribution in [0, 0.1) is 6.92 Å². The molecular weight excluding hydrogens is 188 g/mol. The van der Waals surface area contributed by atoms with E-state index in [4.69, 9.17) is 4.74 Å². The first kappa shape index (κ1) is 11.8. The third-order valence-corrected chi connectivity index (χ3v) is 2.28. The minimum absolute atomic E-state index is 0.0506. The van der Waals surface area contributed by atoms with Gasteiger partial charge in [-0.1, -0.05) is 29.8 Å². The van der Waals surface area contributed by atoms with Crippen LogP contribution in [0.5, 0.6) is 0 Å². The first-order chi connectivity index (χ1) is 7.00. The van der Waals surface area contributed by atoms with Gasteiger partial charge in [-0.05, 0) is 33.3 Å². The van der Waals surface area contributed by atoms with Crippen LogP contribution in [0.4, 0.5) is 0 Å². The SMILES string of the molecule is Cc1ccc(C(C)C(=O)OC(C)C)cc1. The zero-order valence-electron chi connectivity index (χ0n) is 9.78. The van der Waals surface area contributed by atoms with Gasteiger partial charge in [0.15, 0.2) is 0 Å². The molecule has 0 aliphatic heterocycles. The number of carbonyl (C=O) groups excluding carboxylic acids is 1. The molecule has 15 heavy (non-hydrogen) atoms. The van der Waals surface area contributed by atoms with Crippen molar-refractivity contribution < 1.29 is 9.53 Å². The highest BCUT2D eigenvalue weighted by Gasteiger charge is 2.17. The van der Waals surface area contributed by atoms with E-state index in [1.54, 1.807) is 0 Å². The van der Waals surface area contributed by atoms with Crippen molar-refractivity contribution in [2.45, 2.75) is 39.7 Å². The largest absolute Gasteiger partial charge is 0.463 e. The fraction of sp³-hybridized carbons (Fsp3) is 0.462. The Hall–Kier alpha value is -1.31. The van der Waals surface area contributed by atoms with Gasteiger partial charge in [-0.15, -0.1) is 0 Å². The summed E-state index contributed by atoms with van der Waals surface area (Å²) in [5.74, 6) is -0.346. The van der Waals surface area contributed by atoms with E-state index >= 15 is 0 Å². The lowest BCUT2D eigenvalue weighted by Gasteiger charge is -2.14.